The number of hydrogen-bond donors (Lipinski definition) is 1. The van der Waals surface area contributed by atoms with Gasteiger partial charge in [0.2, 0.25) is 0 Å². The summed E-state index contributed by atoms with van der Waals surface area (Å²) in [5.74, 6) is 2.01. The standard InChI is InChI=1S/C12H25N5/c1-6-17-10(2)14-15-11(17)7-16(5)9-12(3,4)8-13/h6-9,13H2,1-5H3. The second-order valence-electron chi connectivity index (χ2n) is 5.45. The Morgan fingerprint density at radius 1 is 1.35 bits per heavy atom. The summed E-state index contributed by atoms with van der Waals surface area (Å²) in [4.78, 5) is 2.25. The second-order valence-corrected chi connectivity index (χ2v) is 5.45. The first-order valence-electron chi connectivity index (χ1n) is 6.17. The fourth-order valence-corrected chi connectivity index (χ4v) is 2.05. The molecule has 0 atom stereocenters. The van der Waals surface area contributed by atoms with Gasteiger partial charge in [0, 0.05) is 13.1 Å². The number of hydrogen-bond acceptors (Lipinski definition) is 4. The van der Waals surface area contributed by atoms with Crippen LogP contribution >= 0.6 is 0 Å². The van der Waals surface area contributed by atoms with Gasteiger partial charge in [-0.05, 0) is 32.9 Å². The molecule has 0 aliphatic rings. The molecule has 1 aromatic rings. The predicted molar refractivity (Wildman–Crippen MR) is 69.6 cm³/mol. The summed E-state index contributed by atoms with van der Waals surface area (Å²) >= 11 is 0. The van der Waals surface area contributed by atoms with Crippen molar-refractivity contribution < 1.29 is 0 Å². The molecule has 0 fully saturated rings. The minimum absolute atomic E-state index is 0.140. The molecule has 0 saturated heterocycles. The quantitative estimate of drug-likeness (QED) is 0.805. The summed E-state index contributed by atoms with van der Waals surface area (Å²) in [7, 11) is 2.10. The van der Waals surface area contributed by atoms with Crippen LogP contribution in [0.4, 0.5) is 0 Å². The lowest BCUT2D eigenvalue weighted by molar-refractivity contribution is 0.204. The van der Waals surface area contributed by atoms with Gasteiger partial charge in [0.05, 0.1) is 6.54 Å². The largest absolute Gasteiger partial charge is 0.330 e. The first-order chi connectivity index (χ1) is 7.89. The van der Waals surface area contributed by atoms with Crippen molar-refractivity contribution in [3.63, 3.8) is 0 Å². The van der Waals surface area contributed by atoms with Crippen LogP contribution in [0.15, 0.2) is 0 Å². The minimum Gasteiger partial charge on any atom is -0.330 e. The van der Waals surface area contributed by atoms with E-state index in [4.69, 9.17) is 5.73 Å². The molecule has 5 nitrogen and oxygen atoms in total. The molecule has 0 unspecified atom stereocenters. The molecule has 0 bridgehead atoms. The zero-order valence-corrected chi connectivity index (χ0v) is 11.7. The number of nitrogens with two attached hydrogens (primary N) is 1. The van der Waals surface area contributed by atoms with E-state index in [2.05, 4.69) is 47.5 Å². The highest BCUT2D eigenvalue weighted by atomic mass is 15.3. The van der Waals surface area contributed by atoms with Crippen LogP contribution in [0.1, 0.15) is 32.4 Å². The summed E-state index contributed by atoms with van der Waals surface area (Å²) < 4.78 is 2.14. The Kier molecular flexibility index (Phi) is 4.65. The molecule has 0 saturated carbocycles. The first-order valence-corrected chi connectivity index (χ1v) is 6.17. The van der Waals surface area contributed by atoms with E-state index in [-0.39, 0.29) is 5.41 Å². The smallest absolute Gasteiger partial charge is 0.147 e. The van der Waals surface area contributed by atoms with Gasteiger partial charge in [0.1, 0.15) is 11.6 Å². The highest BCUT2D eigenvalue weighted by Crippen LogP contribution is 2.15. The van der Waals surface area contributed by atoms with E-state index in [1.54, 1.807) is 0 Å². The van der Waals surface area contributed by atoms with E-state index in [1.165, 1.54) is 0 Å². The van der Waals surface area contributed by atoms with Crippen molar-refractivity contribution in [2.75, 3.05) is 20.1 Å². The van der Waals surface area contributed by atoms with Crippen molar-refractivity contribution in [1.29, 1.82) is 0 Å². The lowest BCUT2D eigenvalue weighted by Crippen LogP contribution is -2.36. The van der Waals surface area contributed by atoms with Gasteiger partial charge in [-0.3, -0.25) is 4.90 Å². The summed E-state index contributed by atoms with van der Waals surface area (Å²) in [6, 6.07) is 0. The molecule has 5 heteroatoms. The molecular formula is C12H25N5. The maximum absolute atomic E-state index is 5.75. The Bertz CT molecular complexity index is 356. The SMILES string of the molecule is CCn1c(C)nnc1CN(C)CC(C)(C)CN. The molecule has 17 heavy (non-hydrogen) atoms. The topological polar surface area (TPSA) is 60.0 Å². The van der Waals surface area contributed by atoms with Gasteiger partial charge in [-0.1, -0.05) is 13.8 Å². The fraction of sp³-hybridized carbons (Fsp3) is 0.833. The molecule has 0 amide bonds. The third-order valence-electron chi connectivity index (χ3n) is 2.99. The van der Waals surface area contributed by atoms with Crippen LogP contribution in [0.3, 0.4) is 0 Å². The third kappa shape index (κ3) is 3.78. The highest BCUT2D eigenvalue weighted by Gasteiger charge is 2.19. The van der Waals surface area contributed by atoms with E-state index in [1.807, 2.05) is 6.92 Å². The molecule has 0 spiro atoms. The van der Waals surface area contributed by atoms with Crippen LogP contribution in [0.25, 0.3) is 0 Å². The lowest BCUT2D eigenvalue weighted by Gasteiger charge is -2.28. The average molecular weight is 239 g/mol. The van der Waals surface area contributed by atoms with Crippen LogP contribution in [0.2, 0.25) is 0 Å². The number of rotatable bonds is 6. The van der Waals surface area contributed by atoms with E-state index in [0.29, 0.717) is 6.54 Å². The molecule has 0 radical (unpaired) electrons. The fourth-order valence-electron chi connectivity index (χ4n) is 2.05. The van der Waals surface area contributed by atoms with E-state index in [0.717, 1.165) is 31.3 Å². The molecule has 98 valence electrons. The van der Waals surface area contributed by atoms with Crippen LogP contribution in [0.5, 0.6) is 0 Å². The number of aromatic nitrogens is 3. The van der Waals surface area contributed by atoms with Gasteiger partial charge < -0.3 is 10.3 Å². The zero-order chi connectivity index (χ0) is 13.1. The van der Waals surface area contributed by atoms with Gasteiger partial charge in [0.25, 0.3) is 0 Å². The summed E-state index contributed by atoms with van der Waals surface area (Å²) in [5.41, 5.74) is 5.89. The lowest BCUT2D eigenvalue weighted by atomic mass is 9.93. The molecule has 1 heterocycles. The monoisotopic (exact) mass is 239 g/mol. The molecule has 2 N–H and O–H groups in total. The summed E-state index contributed by atoms with van der Waals surface area (Å²) in [6.07, 6.45) is 0. The van der Waals surface area contributed by atoms with Gasteiger partial charge in [-0.25, -0.2) is 0 Å². The molecular weight excluding hydrogens is 214 g/mol. The second kappa shape index (κ2) is 5.60. The molecule has 0 aliphatic carbocycles. The summed E-state index contributed by atoms with van der Waals surface area (Å²) in [6.45, 7) is 11.8. The van der Waals surface area contributed by atoms with Crippen LogP contribution in [-0.4, -0.2) is 39.8 Å². The Morgan fingerprint density at radius 2 is 2.00 bits per heavy atom. The van der Waals surface area contributed by atoms with Crippen LogP contribution < -0.4 is 5.73 Å². The van der Waals surface area contributed by atoms with Crippen LogP contribution in [0, 0.1) is 12.3 Å². The first kappa shape index (κ1) is 14.1. The van der Waals surface area contributed by atoms with Gasteiger partial charge >= 0.3 is 0 Å². The Balaban J connectivity index is 2.65. The van der Waals surface area contributed by atoms with E-state index >= 15 is 0 Å². The predicted octanol–water partition coefficient (Wildman–Crippen LogP) is 1.02. The molecule has 0 aromatic carbocycles. The zero-order valence-electron chi connectivity index (χ0n) is 11.7. The summed E-state index contributed by atoms with van der Waals surface area (Å²) in [5, 5.41) is 8.34. The maximum Gasteiger partial charge on any atom is 0.147 e. The van der Waals surface area contributed by atoms with Crippen molar-refractivity contribution >= 4 is 0 Å². The van der Waals surface area contributed by atoms with E-state index in [9.17, 15) is 0 Å². The highest BCUT2D eigenvalue weighted by molar-refractivity contribution is 4.93. The van der Waals surface area contributed by atoms with Gasteiger partial charge in [-0.2, -0.15) is 0 Å². The third-order valence-corrected chi connectivity index (χ3v) is 2.99. The normalized spacial score (nSPS) is 12.4. The number of nitrogens with zero attached hydrogens (tertiary/aromatic N) is 4. The molecule has 1 rings (SSSR count). The Labute approximate surface area is 104 Å². The Morgan fingerprint density at radius 3 is 2.53 bits per heavy atom. The van der Waals surface area contributed by atoms with Crippen molar-refractivity contribution in [3.8, 4) is 0 Å². The van der Waals surface area contributed by atoms with Gasteiger partial charge in [0.15, 0.2) is 0 Å². The molecule has 0 aliphatic heterocycles. The van der Waals surface area contributed by atoms with Crippen LogP contribution in [-0.2, 0) is 13.1 Å². The average Bonchev–Trinajstić information content (AvgIpc) is 2.58. The number of aryl methyl sites for hydroxylation is 1. The van der Waals surface area contributed by atoms with Crippen molar-refractivity contribution in [3.05, 3.63) is 11.6 Å². The molecule has 1 aromatic heterocycles. The maximum atomic E-state index is 5.75. The van der Waals surface area contributed by atoms with Crippen molar-refractivity contribution in [1.82, 2.24) is 19.7 Å². The van der Waals surface area contributed by atoms with Crippen molar-refractivity contribution in [2.24, 2.45) is 11.1 Å². The van der Waals surface area contributed by atoms with Gasteiger partial charge in [-0.15, -0.1) is 10.2 Å². The van der Waals surface area contributed by atoms with Crippen molar-refractivity contribution in [2.45, 2.75) is 40.8 Å². The van der Waals surface area contributed by atoms with E-state index < -0.39 is 0 Å². The minimum atomic E-state index is 0.140. The Hall–Kier alpha value is -0.940.